The molecule has 2 aromatic rings. The number of rotatable bonds is 4. The van der Waals surface area contributed by atoms with E-state index in [0.29, 0.717) is 22.7 Å². The minimum absolute atomic E-state index is 0.295. The molecule has 0 aliphatic rings. The van der Waals surface area contributed by atoms with E-state index in [2.05, 4.69) is 20.5 Å². The summed E-state index contributed by atoms with van der Waals surface area (Å²) < 4.78 is 5.03. The van der Waals surface area contributed by atoms with Crippen LogP contribution in [0.25, 0.3) is 0 Å². The minimum Gasteiger partial charge on any atom is -0.497 e. The van der Waals surface area contributed by atoms with Gasteiger partial charge in [0, 0.05) is 18.0 Å². The van der Waals surface area contributed by atoms with E-state index in [0.717, 1.165) is 0 Å². The number of amides is 1. The SMILES string of the molecule is COc1ccc(C(=O)NN=C(C)c2cnccn2)cc1. The Kier molecular flexibility index (Phi) is 4.39. The molecule has 6 heteroatoms. The highest BCUT2D eigenvalue weighted by atomic mass is 16.5. The van der Waals surface area contributed by atoms with Crippen LogP contribution in [-0.2, 0) is 0 Å². The van der Waals surface area contributed by atoms with Crippen LogP contribution >= 0.6 is 0 Å². The Hall–Kier alpha value is -2.76. The zero-order valence-electron chi connectivity index (χ0n) is 11.2. The van der Waals surface area contributed by atoms with Crippen molar-refractivity contribution in [3.63, 3.8) is 0 Å². The summed E-state index contributed by atoms with van der Waals surface area (Å²) >= 11 is 0. The molecule has 1 heterocycles. The Morgan fingerprint density at radius 2 is 2.00 bits per heavy atom. The molecule has 0 radical (unpaired) electrons. The van der Waals surface area contributed by atoms with Gasteiger partial charge in [0.05, 0.1) is 19.0 Å². The third-order valence-electron chi connectivity index (χ3n) is 2.61. The first-order valence-electron chi connectivity index (χ1n) is 5.96. The average Bonchev–Trinajstić information content (AvgIpc) is 2.53. The van der Waals surface area contributed by atoms with E-state index in [1.165, 1.54) is 0 Å². The van der Waals surface area contributed by atoms with Crippen molar-refractivity contribution in [1.29, 1.82) is 0 Å². The van der Waals surface area contributed by atoms with E-state index >= 15 is 0 Å². The molecule has 102 valence electrons. The second kappa shape index (κ2) is 6.42. The van der Waals surface area contributed by atoms with Crippen LogP contribution in [0, 0.1) is 0 Å². The van der Waals surface area contributed by atoms with Crippen LogP contribution in [-0.4, -0.2) is 28.7 Å². The summed E-state index contributed by atoms with van der Waals surface area (Å²) in [4.78, 5) is 19.9. The number of carbonyl (C=O) groups is 1. The first-order chi connectivity index (χ1) is 9.70. The van der Waals surface area contributed by atoms with Gasteiger partial charge in [-0.2, -0.15) is 5.10 Å². The van der Waals surface area contributed by atoms with Crippen LogP contribution in [0.5, 0.6) is 5.75 Å². The number of nitrogens with one attached hydrogen (secondary N) is 1. The van der Waals surface area contributed by atoms with E-state index in [-0.39, 0.29) is 5.91 Å². The van der Waals surface area contributed by atoms with E-state index in [9.17, 15) is 4.79 Å². The monoisotopic (exact) mass is 270 g/mol. The second-order valence-corrected chi connectivity index (χ2v) is 3.96. The van der Waals surface area contributed by atoms with Gasteiger partial charge in [-0.05, 0) is 31.2 Å². The molecule has 0 aliphatic heterocycles. The predicted octanol–water partition coefficient (Wildman–Crippen LogP) is 1.64. The number of ether oxygens (including phenoxy) is 1. The van der Waals surface area contributed by atoms with E-state index in [1.807, 2.05) is 0 Å². The number of hydrazone groups is 1. The Morgan fingerprint density at radius 1 is 1.25 bits per heavy atom. The van der Waals surface area contributed by atoms with Crippen molar-refractivity contribution in [2.24, 2.45) is 5.10 Å². The Balaban J connectivity index is 2.04. The number of benzene rings is 1. The van der Waals surface area contributed by atoms with Gasteiger partial charge < -0.3 is 4.74 Å². The smallest absolute Gasteiger partial charge is 0.271 e. The topological polar surface area (TPSA) is 76.5 Å². The number of hydrogen-bond donors (Lipinski definition) is 1. The molecule has 0 aliphatic carbocycles. The Bertz CT molecular complexity index is 609. The predicted molar refractivity (Wildman–Crippen MR) is 74.7 cm³/mol. The van der Waals surface area contributed by atoms with Gasteiger partial charge in [0.2, 0.25) is 0 Å². The van der Waals surface area contributed by atoms with Crippen LogP contribution in [0.2, 0.25) is 0 Å². The van der Waals surface area contributed by atoms with Crippen LogP contribution in [0.15, 0.2) is 48.0 Å². The van der Waals surface area contributed by atoms with Crippen LogP contribution in [0.1, 0.15) is 23.0 Å². The van der Waals surface area contributed by atoms with Gasteiger partial charge in [0.25, 0.3) is 5.91 Å². The van der Waals surface area contributed by atoms with Crippen LogP contribution in [0.4, 0.5) is 0 Å². The highest BCUT2D eigenvalue weighted by Gasteiger charge is 2.05. The molecule has 2 rings (SSSR count). The van der Waals surface area contributed by atoms with Crippen molar-refractivity contribution in [1.82, 2.24) is 15.4 Å². The molecule has 1 aromatic heterocycles. The molecule has 1 N–H and O–H groups in total. The molecule has 0 saturated carbocycles. The van der Waals surface area contributed by atoms with Crippen LogP contribution < -0.4 is 10.2 Å². The fraction of sp³-hybridized carbons (Fsp3) is 0.143. The number of carbonyl (C=O) groups excluding carboxylic acids is 1. The van der Waals surface area contributed by atoms with E-state index in [1.54, 1.807) is 56.9 Å². The molecule has 0 spiro atoms. The largest absolute Gasteiger partial charge is 0.497 e. The molecule has 20 heavy (non-hydrogen) atoms. The fourth-order valence-corrected chi connectivity index (χ4v) is 1.48. The maximum Gasteiger partial charge on any atom is 0.271 e. The quantitative estimate of drug-likeness (QED) is 0.677. The summed E-state index contributed by atoms with van der Waals surface area (Å²) in [5.74, 6) is 0.400. The lowest BCUT2D eigenvalue weighted by molar-refractivity contribution is 0.0955. The third kappa shape index (κ3) is 3.38. The van der Waals surface area contributed by atoms with Crippen molar-refractivity contribution in [3.05, 3.63) is 54.1 Å². The van der Waals surface area contributed by atoms with E-state index < -0.39 is 0 Å². The number of hydrogen-bond acceptors (Lipinski definition) is 5. The lowest BCUT2D eigenvalue weighted by Gasteiger charge is -2.03. The van der Waals surface area contributed by atoms with Gasteiger partial charge in [-0.25, -0.2) is 5.43 Å². The number of nitrogens with zero attached hydrogens (tertiary/aromatic N) is 3. The highest BCUT2D eigenvalue weighted by Crippen LogP contribution is 2.11. The average molecular weight is 270 g/mol. The minimum atomic E-state index is -0.295. The third-order valence-corrected chi connectivity index (χ3v) is 2.61. The van der Waals surface area contributed by atoms with Gasteiger partial charge in [0.1, 0.15) is 11.4 Å². The summed E-state index contributed by atoms with van der Waals surface area (Å²) in [6, 6.07) is 6.77. The summed E-state index contributed by atoms with van der Waals surface area (Å²) in [5.41, 5.74) is 4.17. The molecular weight excluding hydrogens is 256 g/mol. The molecule has 0 fully saturated rings. The Labute approximate surface area is 116 Å². The van der Waals surface area contributed by atoms with Crippen molar-refractivity contribution in [2.45, 2.75) is 6.92 Å². The zero-order valence-corrected chi connectivity index (χ0v) is 11.2. The molecule has 0 bridgehead atoms. The molecule has 0 unspecified atom stereocenters. The fourth-order valence-electron chi connectivity index (χ4n) is 1.48. The van der Waals surface area contributed by atoms with Gasteiger partial charge in [-0.1, -0.05) is 0 Å². The standard InChI is InChI=1S/C14H14N4O2/c1-10(13-9-15-7-8-16-13)17-18-14(19)11-3-5-12(20-2)6-4-11/h3-9H,1-2H3,(H,18,19). The van der Waals surface area contributed by atoms with Gasteiger partial charge in [-0.3, -0.25) is 14.8 Å². The molecule has 6 nitrogen and oxygen atoms in total. The normalized spacial score (nSPS) is 11.0. The molecule has 1 amide bonds. The van der Waals surface area contributed by atoms with Crippen molar-refractivity contribution in [3.8, 4) is 5.75 Å². The highest BCUT2D eigenvalue weighted by molar-refractivity contribution is 5.99. The van der Waals surface area contributed by atoms with Gasteiger partial charge >= 0.3 is 0 Å². The summed E-state index contributed by atoms with van der Waals surface area (Å²) in [7, 11) is 1.57. The van der Waals surface area contributed by atoms with Crippen molar-refractivity contribution >= 4 is 11.6 Å². The first-order valence-corrected chi connectivity index (χ1v) is 5.96. The molecular formula is C14H14N4O2. The van der Waals surface area contributed by atoms with Crippen molar-refractivity contribution < 1.29 is 9.53 Å². The lowest BCUT2D eigenvalue weighted by atomic mass is 10.2. The van der Waals surface area contributed by atoms with E-state index in [4.69, 9.17) is 4.74 Å². The molecule has 0 saturated heterocycles. The maximum absolute atomic E-state index is 11.9. The summed E-state index contributed by atoms with van der Waals surface area (Å²) in [6.45, 7) is 1.75. The lowest BCUT2D eigenvalue weighted by Crippen LogP contribution is -2.19. The van der Waals surface area contributed by atoms with Gasteiger partial charge in [0.15, 0.2) is 0 Å². The molecule has 1 aromatic carbocycles. The number of methoxy groups -OCH3 is 1. The second-order valence-electron chi connectivity index (χ2n) is 3.96. The molecule has 0 atom stereocenters. The van der Waals surface area contributed by atoms with Crippen molar-refractivity contribution in [2.75, 3.05) is 7.11 Å². The van der Waals surface area contributed by atoms with Crippen LogP contribution in [0.3, 0.4) is 0 Å². The number of aromatic nitrogens is 2. The first kappa shape index (κ1) is 13.7. The summed E-state index contributed by atoms with van der Waals surface area (Å²) in [6.07, 6.45) is 4.73. The zero-order chi connectivity index (χ0) is 14.4. The maximum atomic E-state index is 11.9. The Morgan fingerprint density at radius 3 is 2.60 bits per heavy atom. The summed E-state index contributed by atoms with van der Waals surface area (Å²) in [5, 5.41) is 4.00. The van der Waals surface area contributed by atoms with Gasteiger partial charge in [-0.15, -0.1) is 0 Å².